The van der Waals surface area contributed by atoms with E-state index in [4.69, 9.17) is 17.0 Å². The van der Waals surface area contributed by atoms with Crippen molar-refractivity contribution in [3.8, 4) is 0 Å². The minimum Gasteiger partial charge on any atom is -1.00 e. The standard InChI is InChI=1S/C11H21N3O3Si.C10H17BrN2O3Si.BrH.Li/c1-5-17-11(15)10-13-12-8-14(10)9-16-6-7-18(2,3)4;1-17(2,3)5-4-16-7-13-6-8(11)12-9(13)10(14)15;;/h8H,5-7,9H2,1-4H3;6H,4-5,7H2,1-3H3,(H,14,15);1H;/q;;;+1/p-1/i8D;6D;;. The molecule has 0 aliphatic carbocycles. The maximum Gasteiger partial charge on any atom is 1.00 e. The largest absolute Gasteiger partial charge is 1.00 e. The van der Waals surface area contributed by atoms with Crippen LogP contribution in [0.2, 0.25) is 51.4 Å². The summed E-state index contributed by atoms with van der Waals surface area (Å²) in [6, 6.07) is 2.02. The second-order valence-electron chi connectivity index (χ2n) is 10.1. The Balaban J connectivity index is 0. The van der Waals surface area contributed by atoms with Crippen molar-refractivity contribution >= 4 is 44.0 Å². The zero-order valence-electron chi connectivity index (χ0n) is 24.9. The van der Waals surface area contributed by atoms with Gasteiger partial charge in [-0.2, -0.15) is 4.57 Å². The molecular weight excluding hydrogens is 641 g/mol. The minimum atomic E-state index is -1.41. The maximum atomic E-state index is 11.6. The second kappa shape index (κ2) is 18.5. The molecule has 16 heteroatoms. The molecule has 2 aromatic heterocycles. The molecular formula is C21H38Br2LiN5O6Si2. The van der Waals surface area contributed by atoms with Crippen LogP contribution < -0.4 is 46.0 Å². The number of halogens is 2. The molecule has 37 heavy (non-hydrogen) atoms. The summed E-state index contributed by atoms with van der Waals surface area (Å²) in [5.41, 5.74) is 0. The Kier molecular flexibility index (Phi) is 17.1. The fourth-order valence-corrected chi connectivity index (χ4v) is 4.25. The van der Waals surface area contributed by atoms with Crippen molar-refractivity contribution in [2.45, 2.75) is 71.8 Å². The Morgan fingerprint density at radius 2 is 1.57 bits per heavy atom. The molecule has 2 aromatic rings. The molecule has 1 N–H and O–H groups in total. The predicted octanol–water partition coefficient (Wildman–Crippen LogP) is -3.48. The number of esters is 1. The molecule has 0 amide bonds. The Hall–Kier alpha value is -0.799. The van der Waals surface area contributed by atoms with Gasteiger partial charge in [-0.3, -0.25) is 0 Å². The van der Waals surface area contributed by atoms with Crippen LogP contribution in [0.5, 0.6) is 0 Å². The van der Waals surface area contributed by atoms with E-state index in [1.54, 1.807) is 6.92 Å². The number of nitrogens with one attached hydrogen (secondary N) is 1. The van der Waals surface area contributed by atoms with Gasteiger partial charge in [0.1, 0.15) is 17.3 Å². The van der Waals surface area contributed by atoms with Crippen LogP contribution in [0.1, 0.15) is 30.9 Å². The van der Waals surface area contributed by atoms with E-state index in [1.807, 2.05) is 0 Å². The van der Waals surface area contributed by atoms with Gasteiger partial charge < -0.3 is 45.7 Å². The average molecular weight is 681 g/mol. The van der Waals surface area contributed by atoms with Crippen LogP contribution in [0.15, 0.2) is 17.1 Å². The van der Waals surface area contributed by atoms with Gasteiger partial charge in [-0.15, -0.1) is 5.10 Å². The maximum absolute atomic E-state index is 11.6. The van der Waals surface area contributed by atoms with Crippen LogP contribution in [0.25, 0.3) is 0 Å². The van der Waals surface area contributed by atoms with Crippen LogP contribution in [0.4, 0.5) is 0 Å². The van der Waals surface area contributed by atoms with E-state index in [0.29, 0.717) is 13.2 Å². The van der Waals surface area contributed by atoms with Crippen LogP contribution in [0, 0.1) is 0 Å². The van der Waals surface area contributed by atoms with E-state index in [2.05, 4.69) is 70.4 Å². The number of aromatic nitrogens is 5. The number of hydrogen-bond acceptors (Lipinski definition) is 8. The molecule has 2 heterocycles. The monoisotopic (exact) mass is 679 g/mol. The first-order chi connectivity index (χ1) is 17.1. The molecule has 0 radical (unpaired) electrons. The summed E-state index contributed by atoms with van der Waals surface area (Å²) in [7, 11) is -2.31. The summed E-state index contributed by atoms with van der Waals surface area (Å²) in [6.45, 7) is 16.8. The Bertz CT molecular complexity index is 1050. The van der Waals surface area contributed by atoms with Gasteiger partial charge in [0.25, 0.3) is 6.30 Å². The number of carboxylic acid groups (broad SMARTS) is 1. The molecule has 0 fully saturated rings. The number of carbonyl (C=O) groups excluding carboxylic acids is 2. The van der Waals surface area contributed by atoms with Crippen molar-refractivity contribution in [1.82, 2.24) is 19.2 Å². The Morgan fingerprint density at radius 1 is 1.05 bits per heavy atom. The van der Waals surface area contributed by atoms with Crippen molar-refractivity contribution in [1.29, 1.82) is 0 Å². The van der Waals surface area contributed by atoms with Gasteiger partial charge >= 0.3 is 30.7 Å². The van der Waals surface area contributed by atoms with Crippen molar-refractivity contribution in [2.24, 2.45) is 0 Å². The van der Waals surface area contributed by atoms with E-state index in [-0.39, 0.29) is 84.6 Å². The van der Waals surface area contributed by atoms with Crippen molar-refractivity contribution in [3.63, 3.8) is 0 Å². The van der Waals surface area contributed by atoms with Crippen molar-refractivity contribution in [3.05, 3.63) is 28.7 Å². The molecule has 0 spiro atoms. The number of aromatic amines is 1. The first kappa shape index (κ1) is 34.2. The summed E-state index contributed by atoms with van der Waals surface area (Å²) in [4.78, 5) is 26.1. The predicted molar refractivity (Wildman–Crippen MR) is 137 cm³/mol. The number of carbonyl (C=O) groups is 2. The Labute approximate surface area is 255 Å². The van der Waals surface area contributed by atoms with Gasteiger partial charge in [0, 0.05) is 35.5 Å². The van der Waals surface area contributed by atoms with Crippen molar-refractivity contribution < 1.29 is 72.6 Å². The quantitative estimate of drug-likeness (QED) is 0.121. The molecule has 0 aromatic carbocycles. The smallest absolute Gasteiger partial charge is 1.00 e. The summed E-state index contributed by atoms with van der Waals surface area (Å²) < 4.78 is 33.8. The Morgan fingerprint density at radius 3 is 2.03 bits per heavy atom. The zero-order valence-corrected chi connectivity index (χ0v) is 28.1. The molecule has 0 bridgehead atoms. The average Bonchev–Trinajstić information content (AvgIpc) is 3.28. The number of nitrogens with zero attached hydrogens (tertiary/aromatic N) is 4. The molecule has 0 aliphatic rings. The molecule has 0 aliphatic heterocycles. The third kappa shape index (κ3) is 16.7. The summed E-state index contributed by atoms with van der Waals surface area (Å²) in [6.07, 6.45) is -0.00161. The first-order valence-electron chi connectivity index (χ1n) is 12.3. The normalized spacial score (nSPS) is 11.8. The number of aromatic carboxylic acids is 1. The van der Waals surface area contributed by atoms with Gasteiger partial charge in [0.05, 0.1) is 7.98 Å². The van der Waals surface area contributed by atoms with Crippen LogP contribution in [-0.4, -0.2) is 67.1 Å². The fraction of sp³-hybridized carbons (Fsp3) is 0.667. The van der Waals surface area contributed by atoms with Gasteiger partial charge in [-0.25, -0.2) is 9.78 Å². The molecule has 0 saturated heterocycles. The number of rotatable bonds is 13. The van der Waals surface area contributed by atoms with E-state index in [9.17, 15) is 14.7 Å². The third-order valence-electron chi connectivity index (χ3n) is 4.36. The van der Waals surface area contributed by atoms with Gasteiger partial charge in [0.2, 0.25) is 0 Å². The van der Waals surface area contributed by atoms with E-state index < -0.39 is 28.1 Å². The van der Waals surface area contributed by atoms with E-state index in [0.717, 1.165) is 12.1 Å². The number of ether oxygens (including phenoxy) is 3. The van der Waals surface area contributed by atoms with Gasteiger partial charge in [-0.05, 0) is 40.0 Å². The van der Waals surface area contributed by atoms with Crippen LogP contribution >= 0.6 is 15.9 Å². The number of hydrogen-bond donors (Lipinski definition) is 0. The molecule has 0 atom stereocenters. The summed E-state index contributed by atoms with van der Waals surface area (Å²) >= 11 is 3.02. The number of imidazole rings is 1. The third-order valence-corrected chi connectivity index (χ3v) is 8.13. The van der Waals surface area contributed by atoms with E-state index >= 15 is 0 Å². The van der Waals surface area contributed by atoms with Gasteiger partial charge in [0.15, 0.2) is 13.9 Å². The first-order valence-corrected chi connectivity index (χ1v) is 19.5. The fourth-order valence-electron chi connectivity index (χ4n) is 2.36. The van der Waals surface area contributed by atoms with E-state index in [1.165, 1.54) is 9.13 Å². The second-order valence-corrected chi connectivity index (χ2v) is 22.1. The topological polar surface area (TPSA) is 135 Å². The molecule has 206 valence electrons. The molecule has 0 unspecified atom stereocenters. The van der Waals surface area contributed by atoms with Gasteiger partial charge in [-0.1, -0.05) is 39.3 Å². The van der Waals surface area contributed by atoms with Crippen LogP contribution in [-0.2, 0) is 27.7 Å². The molecule has 2 rings (SSSR count). The zero-order chi connectivity index (χ0) is 28.4. The number of carboxylic acids is 1. The minimum absolute atomic E-state index is 0. The summed E-state index contributed by atoms with van der Waals surface area (Å²) in [5, 5.41) is 17.0. The molecule has 11 nitrogen and oxygen atoms in total. The number of H-pyrrole nitrogens is 1. The molecule has 0 saturated carbocycles. The van der Waals surface area contributed by atoms with Crippen LogP contribution in [0.3, 0.4) is 0 Å². The van der Waals surface area contributed by atoms with Crippen molar-refractivity contribution in [2.75, 3.05) is 19.8 Å². The SMILES string of the molecule is [2H]c1[nH+]nc(C(=O)OCC)n1COCC[Si](C)(C)C.[2H]c1c(Br)nc(C(=O)[O-])n1COCC[Si](C)(C)C.[Br-].[Li+]. The summed E-state index contributed by atoms with van der Waals surface area (Å²) in [5.74, 6) is -2.19.